The van der Waals surface area contributed by atoms with E-state index in [1.165, 1.54) is 0 Å². The van der Waals surface area contributed by atoms with Gasteiger partial charge in [-0.2, -0.15) is 0 Å². The van der Waals surface area contributed by atoms with E-state index in [-0.39, 0.29) is 29.9 Å². The summed E-state index contributed by atoms with van der Waals surface area (Å²) in [6.07, 6.45) is 0. The molecule has 0 aromatic heterocycles. The largest absolute Gasteiger partial charge is 0.352 e. The normalized spacial score (nSPS) is 10.7. The summed E-state index contributed by atoms with van der Waals surface area (Å²) in [6.45, 7) is 3.74. The summed E-state index contributed by atoms with van der Waals surface area (Å²) in [5.41, 5.74) is 2.79. The second-order valence-electron chi connectivity index (χ2n) is 5.47. The smallest absolute Gasteiger partial charge is 0.251 e. The molecule has 2 aromatic rings. The summed E-state index contributed by atoms with van der Waals surface area (Å²) < 4.78 is 0. The molecule has 5 nitrogen and oxygen atoms in total. The van der Waals surface area contributed by atoms with Crippen molar-refractivity contribution < 1.29 is 4.79 Å². The van der Waals surface area contributed by atoms with E-state index in [1.54, 1.807) is 7.05 Å². The molecule has 0 spiro atoms. The zero-order chi connectivity index (χ0) is 18.1. The van der Waals surface area contributed by atoms with Gasteiger partial charge in [-0.1, -0.05) is 35.9 Å². The Bertz CT molecular complexity index is 735. The number of hydrogen-bond donors (Lipinski definition) is 3. The Morgan fingerprint density at radius 2 is 1.65 bits per heavy atom. The minimum absolute atomic E-state index is 0. The van der Waals surface area contributed by atoms with Gasteiger partial charge in [-0.3, -0.25) is 9.79 Å². The second kappa shape index (κ2) is 11.7. The predicted molar refractivity (Wildman–Crippen MR) is 118 cm³/mol. The van der Waals surface area contributed by atoms with Crippen LogP contribution in [0.1, 0.15) is 28.4 Å². The minimum atomic E-state index is -0.0606. The third-order valence-electron chi connectivity index (χ3n) is 3.58. The van der Waals surface area contributed by atoms with Gasteiger partial charge in [0.25, 0.3) is 5.91 Å². The van der Waals surface area contributed by atoms with Gasteiger partial charge in [0.05, 0.1) is 0 Å². The monoisotopic (exact) mass is 486 g/mol. The van der Waals surface area contributed by atoms with Gasteiger partial charge in [0, 0.05) is 37.3 Å². The van der Waals surface area contributed by atoms with Crippen LogP contribution in [0.5, 0.6) is 0 Å². The third kappa shape index (κ3) is 7.21. The Hall–Kier alpha value is -1.80. The molecule has 26 heavy (non-hydrogen) atoms. The Morgan fingerprint density at radius 1 is 1.00 bits per heavy atom. The number of benzene rings is 2. The van der Waals surface area contributed by atoms with Gasteiger partial charge in [0.1, 0.15) is 0 Å². The minimum Gasteiger partial charge on any atom is -0.352 e. The summed E-state index contributed by atoms with van der Waals surface area (Å²) in [4.78, 5) is 16.1. The van der Waals surface area contributed by atoms with Crippen LogP contribution in [0.3, 0.4) is 0 Å². The Balaban J connectivity index is 0.00000338. The zero-order valence-electron chi connectivity index (χ0n) is 14.9. The maximum Gasteiger partial charge on any atom is 0.251 e. The lowest BCUT2D eigenvalue weighted by atomic mass is 10.1. The molecule has 2 rings (SSSR count). The highest BCUT2D eigenvalue weighted by Crippen LogP contribution is 2.09. The molecule has 1 amide bonds. The van der Waals surface area contributed by atoms with Gasteiger partial charge in [0.2, 0.25) is 0 Å². The van der Waals surface area contributed by atoms with E-state index in [2.05, 4.69) is 20.9 Å². The summed E-state index contributed by atoms with van der Waals surface area (Å²) in [7, 11) is 1.72. The number of carbonyl (C=O) groups excluding carboxylic acids is 1. The van der Waals surface area contributed by atoms with Crippen LogP contribution >= 0.6 is 35.6 Å². The van der Waals surface area contributed by atoms with Crippen LogP contribution in [0.25, 0.3) is 0 Å². The Labute approximate surface area is 176 Å². The van der Waals surface area contributed by atoms with E-state index in [4.69, 9.17) is 11.6 Å². The maximum atomic E-state index is 11.9. The number of carbonyl (C=O) groups is 1. The first-order chi connectivity index (χ1) is 12.1. The maximum absolute atomic E-state index is 11.9. The molecule has 0 fully saturated rings. The number of halogens is 2. The molecule has 0 aliphatic heterocycles. The Morgan fingerprint density at radius 3 is 2.27 bits per heavy atom. The molecule has 0 atom stereocenters. The van der Waals surface area contributed by atoms with Gasteiger partial charge < -0.3 is 16.0 Å². The molecule has 0 aliphatic carbocycles. The molecule has 0 saturated heterocycles. The summed E-state index contributed by atoms with van der Waals surface area (Å²) in [6, 6.07) is 15.2. The van der Waals surface area contributed by atoms with Gasteiger partial charge in [0.15, 0.2) is 5.96 Å². The highest BCUT2D eigenvalue weighted by molar-refractivity contribution is 14.0. The molecular weight excluding hydrogens is 463 g/mol. The highest BCUT2D eigenvalue weighted by Gasteiger charge is 2.05. The number of rotatable bonds is 6. The van der Waals surface area contributed by atoms with Crippen LogP contribution in [0.2, 0.25) is 5.02 Å². The standard InChI is InChI=1S/C19H23ClN4O.HI/c1-3-22-18(25)16-6-4-5-15(11-16)13-24-19(21-2)23-12-14-7-9-17(20)10-8-14;/h4-11H,3,12-13H2,1-2H3,(H,22,25)(H2,21,23,24);1H. The van der Waals surface area contributed by atoms with Crippen molar-refractivity contribution in [1.29, 1.82) is 0 Å². The van der Waals surface area contributed by atoms with Crippen molar-refractivity contribution in [2.45, 2.75) is 20.0 Å². The molecule has 7 heteroatoms. The molecule has 0 heterocycles. The first-order valence-electron chi connectivity index (χ1n) is 8.18. The zero-order valence-corrected chi connectivity index (χ0v) is 18.0. The van der Waals surface area contributed by atoms with E-state index in [1.807, 2.05) is 55.5 Å². The van der Waals surface area contributed by atoms with E-state index < -0.39 is 0 Å². The molecule has 0 bridgehead atoms. The fourth-order valence-corrected chi connectivity index (χ4v) is 2.41. The number of nitrogens with zero attached hydrogens (tertiary/aromatic N) is 1. The van der Waals surface area contributed by atoms with Crippen LogP contribution in [0.4, 0.5) is 0 Å². The van der Waals surface area contributed by atoms with Crippen LogP contribution < -0.4 is 16.0 Å². The average molecular weight is 487 g/mol. The van der Waals surface area contributed by atoms with E-state index in [9.17, 15) is 4.79 Å². The van der Waals surface area contributed by atoms with E-state index in [0.29, 0.717) is 31.2 Å². The second-order valence-corrected chi connectivity index (χ2v) is 5.90. The summed E-state index contributed by atoms with van der Waals surface area (Å²) in [5.74, 6) is 0.632. The first-order valence-corrected chi connectivity index (χ1v) is 8.56. The molecule has 2 aromatic carbocycles. The van der Waals surface area contributed by atoms with Crippen molar-refractivity contribution in [2.75, 3.05) is 13.6 Å². The van der Waals surface area contributed by atoms with Gasteiger partial charge in [-0.05, 0) is 42.3 Å². The number of hydrogen-bond acceptors (Lipinski definition) is 2. The van der Waals surface area contributed by atoms with Crippen LogP contribution in [-0.2, 0) is 13.1 Å². The lowest BCUT2D eigenvalue weighted by molar-refractivity contribution is 0.0955. The number of amides is 1. The molecular formula is C19H24ClIN4O. The van der Waals surface area contributed by atoms with Crippen LogP contribution in [0.15, 0.2) is 53.5 Å². The molecule has 140 valence electrons. The van der Waals surface area contributed by atoms with Gasteiger partial charge in [-0.15, -0.1) is 24.0 Å². The quantitative estimate of drug-likeness (QED) is 0.332. The van der Waals surface area contributed by atoms with Crippen molar-refractivity contribution >= 4 is 47.4 Å². The van der Waals surface area contributed by atoms with Crippen molar-refractivity contribution in [2.24, 2.45) is 4.99 Å². The van der Waals surface area contributed by atoms with Crippen LogP contribution in [-0.4, -0.2) is 25.5 Å². The molecule has 3 N–H and O–H groups in total. The van der Waals surface area contributed by atoms with Crippen molar-refractivity contribution in [3.8, 4) is 0 Å². The topological polar surface area (TPSA) is 65.5 Å². The molecule has 0 radical (unpaired) electrons. The number of aliphatic imine (C=N–C) groups is 1. The van der Waals surface area contributed by atoms with Crippen molar-refractivity contribution in [3.05, 3.63) is 70.2 Å². The van der Waals surface area contributed by atoms with Crippen LogP contribution in [0, 0.1) is 0 Å². The lowest BCUT2D eigenvalue weighted by Crippen LogP contribution is -2.36. The molecule has 0 saturated carbocycles. The fraction of sp³-hybridized carbons (Fsp3) is 0.263. The average Bonchev–Trinajstić information content (AvgIpc) is 2.64. The number of guanidine groups is 1. The van der Waals surface area contributed by atoms with E-state index >= 15 is 0 Å². The predicted octanol–water partition coefficient (Wildman–Crippen LogP) is 3.57. The van der Waals surface area contributed by atoms with Gasteiger partial charge >= 0.3 is 0 Å². The fourth-order valence-electron chi connectivity index (χ4n) is 2.28. The molecule has 0 aliphatic rings. The third-order valence-corrected chi connectivity index (χ3v) is 3.84. The summed E-state index contributed by atoms with van der Waals surface area (Å²) in [5, 5.41) is 10.0. The van der Waals surface area contributed by atoms with Crippen molar-refractivity contribution in [3.63, 3.8) is 0 Å². The first kappa shape index (κ1) is 22.2. The van der Waals surface area contributed by atoms with E-state index in [0.717, 1.165) is 16.1 Å². The Kier molecular flexibility index (Phi) is 10.0. The highest BCUT2D eigenvalue weighted by atomic mass is 127. The van der Waals surface area contributed by atoms with Crippen molar-refractivity contribution in [1.82, 2.24) is 16.0 Å². The SMILES string of the molecule is CCNC(=O)c1cccc(CNC(=NC)NCc2ccc(Cl)cc2)c1.I. The molecule has 0 unspecified atom stereocenters. The van der Waals surface area contributed by atoms with Gasteiger partial charge in [-0.25, -0.2) is 0 Å². The summed E-state index contributed by atoms with van der Waals surface area (Å²) >= 11 is 5.89. The lowest BCUT2D eigenvalue weighted by Gasteiger charge is -2.12. The number of nitrogens with one attached hydrogen (secondary N) is 3.